The van der Waals surface area contributed by atoms with Crippen LogP contribution < -0.4 is 0 Å². The average Bonchev–Trinajstić information content (AvgIpc) is 2.07. The highest BCUT2D eigenvalue weighted by Gasteiger charge is 2.13. The zero-order valence-electron chi connectivity index (χ0n) is 7.45. The van der Waals surface area contributed by atoms with Crippen molar-refractivity contribution in [2.45, 2.75) is 13.3 Å². The molecule has 0 bridgehead atoms. The molecule has 3 heteroatoms. The lowest BCUT2D eigenvalue weighted by molar-refractivity contribution is 0.0989. The lowest BCUT2D eigenvalue weighted by atomic mass is 10.0. The number of Topliss-reactive ketones (excluding diaryl/α,β-unsaturated/α-hetero) is 1. The van der Waals surface area contributed by atoms with Crippen molar-refractivity contribution in [3.8, 4) is 0 Å². The van der Waals surface area contributed by atoms with E-state index in [2.05, 4.69) is 4.98 Å². The fourth-order valence-electron chi connectivity index (χ4n) is 1.31. The highest BCUT2D eigenvalue weighted by atomic mass is 27.0. The lowest BCUT2D eigenvalue weighted by Crippen LogP contribution is -2.07. The van der Waals surface area contributed by atoms with E-state index in [9.17, 15) is 4.79 Å². The number of carbonyl (C=O) groups excluding carboxylic acids is 1. The second-order valence-electron chi connectivity index (χ2n) is 2.92. The summed E-state index contributed by atoms with van der Waals surface area (Å²) in [6, 6.07) is 3.85. The first kappa shape index (κ1) is 10.2. The van der Waals surface area contributed by atoms with Gasteiger partial charge in [0.1, 0.15) is 5.69 Å². The van der Waals surface area contributed by atoms with E-state index in [4.69, 9.17) is 0 Å². The number of fused-ring (bicyclic) bond motifs is 1. The van der Waals surface area contributed by atoms with Crippen LogP contribution in [0, 0.1) is 6.92 Å². The van der Waals surface area contributed by atoms with E-state index >= 15 is 0 Å². The number of carbonyl (C=O) groups is 1. The number of rotatable bonds is 0. The second kappa shape index (κ2) is 3.87. The van der Waals surface area contributed by atoms with Crippen LogP contribution in [0.4, 0.5) is 0 Å². The summed E-state index contributed by atoms with van der Waals surface area (Å²) in [7, 11) is 0. The van der Waals surface area contributed by atoms with Gasteiger partial charge in [-0.2, -0.15) is 0 Å². The van der Waals surface area contributed by atoms with E-state index in [1.165, 1.54) is 0 Å². The molecule has 1 aliphatic rings. The first-order chi connectivity index (χ1) is 5.77. The minimum absolute atomic E-state index is 0. The Hall–Kier alpha value is -0.908. The van der Waals surface area contributed by atoms with Gasteiger partial charge in [0.2, 0.25) is 0 Å². The molecule has 13 heavy (non-hydrogen) atoms. The quantitative estimate of drug-likeness (QED) is 0.576. The van der Waals surface area contributed by atoms with Crippen molar-refractivity contribution in [1.82, 2.24) is 4.98 Å². The summed E-state index contributed by atoms with van der Waals surface area (Å²) in [5.41, 5.74) is 2.46. The minimum Gasteiger partial charge on any atom is -0.292 e. The third kappa shape index (κ3) is 1.88. The smallest absolute Gasteiger partial charge is 0.185 e. The Bertz CT molecular complexity index is 371. The Balaban J connectivity index is 0.000000845. The van der Waals surface area contributed by atoms with Gasteiger partial charge in [-0.25, -0.2) is 4.98 Å². The number of allylic oxidation sites excluding steroid dienone is 1. The molecule has 3 radical (unpaired) electrons. The topological polar surface area (TPSA) is 30.0 Å². The van der Waals surface area contributed by atoms with Crippen molar-refractivity contribution in [1.29, 1.82) is 0 Å². The van der Waals surface area contributed by atoms with Crippen LogP contribution in [0.5, 0.6) is 0 Å². The van der Waals surface area contributed by atoms with Crippen LogP contribution in [0.1, 0.15) is 28.2 Å². The van der Waals surface area contributed by atoms with Crippen LogP contribution in [0.25, 0.3) is 6.08 Å². The van der Waals surface area contributed by atoms with Gasteiger partial charge in [0.05, 0.1) is 0 Å². The molecule has 0 saturated heterocycles. The third-order valence-electron chi connectivity index (χ3n) is 1.93. The Labute approximate surface area is 87.8 Å². The third-order valence-corrected chi connectivity index (χ3v) is 1.93. The molecule has 2 nitrogen and oxygen atoms in total. The molecule has 2 rings (SSSR count). The fourth-order valence-corrected chi connectivity index (χ4v) is 1.31. The highest BCUT2D eigenvalue weighted by molar-refractivity contribution is 6.00. The van der Waals surface area contributed by atoms with Gasteiger partial charge in [-0.15, -0.1) is 0 Å². The van der Waals surface area contributed by atoms with Gasteiger partial charge >= 0.3 is 0 Å². The predicted octanol–water partition coefficient (Wildman–Crippen LogP) is 1.61. The van der Waals surface area contributed by atoms with Crippen molar-refractivity contribution in [2.24, 2.45) is 0 Å². The van der Waals surface area contributed by atoms with Gasteiger partial charge in [0.15, 0.2) is 5.78 Å². The number of hydrogen-bond donors (Lipinski definition) is 0. The number of aromatic nitrogens is 1. The Morgan fingerprint density at radius 1 is 1.38 bits per heavy atom. The van der Waals surface area contributed by atoms with Crippen LogP contribution in [0.2, 0.25) is 0 Å². The molecule has 0 atom stereocenters. The van der Waals surface area contributed by atoms with Crippen molar-refractivity contribution in [2.75, 3.05) is 0 Å². The largest absolute Gasteiger partial charge is 0.292 e. The van der Waals surface area contributed by atoms with Gasteiger partial charge < -0.3 is 0 Å². The molecule has 1 aliphatic carbocycles. The van der Waals surface area contributed by atoms with Crippen LogP contribution >= 0.6 is 0 Å². The monoisotopic (exact) mass is 186 g/mol. The van der Waals surface area contributed by atoms with Crippen molar-refractivity contribution < 1.29 is 4.79 Å². The second-order valence-corrected chi connectivity index (χ2v) is 2.92. The van der Waals surface area contributed by atoms with E-state index in [-0.39, 0.29) is 23.1 Å². The van der Waals surface area contributed by atoms with Crippen LogP contribution in [-0.2, 0) is 0 Å². The molecule has 0 aliphatic heterocycles. The van der Waals surface area contributed by atoms with Crippen molar-refractivity contribution >= 4 is 29.2 Å². The number of hydrogen-bond acceptors (Lipinski definition) is 2. The fraction of sp³-hybridized carbons (Fsp3) is 0.200. The zero-order chi connectivity index (χ0) is 8.55. The summed E-state index contributed by atoms with van der Waals surface area (Å²) in [6.45, 7) is 1.89. The van der Waals surface area contributed by atoms with E-state index in [0.717, 1.165) is 11.3 Å². The number of pyridine rings is 1. The van der Waals surface area contributed by atoms with Gasteiger partial charge in [0, 0.05) is 35.0 Å². The SMILES string of the molecule is Cc1ccc2c(n1)C(=O)CC=C2.[Al]. The number of nitrogens with zero attached hydrogens (tertiary/aromatic N) is 1. The van der Waals surface area contributed by atoms with Gasteiger partial charge in [-0.05, 0) is 13.0 Å². The molecule has 1 aromatic rings. The number of ketones is 1. The van der Waals surface area contributed by atoms with Crippen molar-refractivity contribution in [3.63, 3.8) is 0 Å². The molecule has 0 unspecified atom stereocenters. The molecule has 0 saturated carbocycles. The summed E-state index contributed by atoms with van der Waals surface area (Å²) in [4.78, 5) is 15.5. The van der Waals surface area contributed by atoms with Crippen molar-refractivity contribution in [3.05, 3.63) is 35.2 Å². The molecular formula is C10H9AlNO. The van der Waals surface area contributed by atoms with Crippen LogP contribution in [-0.4, -0.2) is 28.1 Å². The van der Waals surface area contributed by atoms with E-state index < -0.39 is 0 Å². The molecular weight excluding hydrogens is 177 g/mol. The Kier molecular flexibility index (Phi) is 3.03. The maximum atomic E-state index is 11.3. The molecule has 0 spiro atoms. The molecule has 1 aromatic heterocycles. The summed E-state index contributed by atoms with van der Waals surface area (Å²) < 4.78 is 0. The van der Waals surface area contributed by atoms with Crippen LogP contribution in [0.15, 0.2) is 18.2 Å². The molecule has 0 amide bonds. The summed E-state index contributed by atoms with van der Waals surface area (Å²) in [5, 5.41) is 0. The molecule has 63 valence electrons. The molecule has 0 aromatic carbocycles. The molecule has 1 heterocycles. The Morgan fingerprint density at radius 3 is 2.92 bits per heavy atom. The van der Waals surface area contributed by atoms with Crippen LogP contribution in [0.3, 0.4) is 0 Å². The first-order valence-electron chi connectivity index (χ1n) is 3.95. The minimum atomic E-state index is 0. The predicted molar refractivity (Wildman–Crippen MR) is 52.7 cm³/mol. The molecule has 0 N–H and O–H groups in total. The highest BCUT2D eigenvalue weighted by Crippen LogP contribution is 2.16. The average molecular weight is 186 g/mol. The summed E-state index contributed by atoms with van der Waals surface area (Å²) in [6.07, 6.45) is 4.31. The van der Waals surface area contributed by atoms with E-state index in [1.54, 1.807) is 0 Å². The van der Waals surface area contributed by atoms with Gasteiger partial charge in [-0.3, -0.25) is 4.79 Å². The number of aryl methyl sites for hydroxylation is 1. The Morgan fingerprint density at radius 2 is 2.15 bits per heavy atom. The van der Waals surface area contributed by atoms with E-state index in [0.29, 0.717) is 12.1 Å². The van der Waals surface area contributed by atoms with Gasteiger partial charge in [-0.1, -0.05) is 18.2 Å². The normalized spacial score (nSPS) is 13.5. The maximum absolute atomic E-state index is 11.3. The summed E-state index contributed by atoms with van der Waals surface area (Å²) in [5.74, 6) is 0.121. The lowest BCUT2D eigenvalue weighted by Gasteiger charge is -2.07. The summed E-state index contributed by atoms with van der Waals surface area (Å²) >= 11 is 0. The molecule has 0 fully saturated rings. The maximum Gasteiger partial charge on any atom is 0.185 e. The van der Waals surface area contributed by atoms with Gasteiger partial charge in [0.25, 0.3) is 0 Å². The first-order valence-corrected chi connectivity index (χ1v) is 3.95. The van der Waals surface area contributed by atoms with E-state index in [1.807, 2.05) is 31.2 Å². The zero-order valence-corrected chi connectivity index (χ0v) is 8.60. The standard InChI is InChI=1S/C10H9NO.Al/c1-7-5-6-8-3-2-4-9(12)10(8)11-7;/h2-3,5-6H,4H2,1H3;.